The average Bonchev–Trinajstić information content (AvgIpc) is 2.77. The highest BCUT2D eigenvalue weighted by Gasteiger charge is 2.30. The quantitative estimate of drug-likeness (QED) is 0.460. The summed E-state index contributed by atoms with van der Waals surface area (Å²) >= 11 is 0. The van der Waals surface area contributed by atoms with E-state index in [9.17, 15) is 18.0 Å². The lowest BCUT2D eigenvalue weighted by molar-refractivity contribution is -0.137. The van der Waals surface area contributed by atoms with Crippen molar-refractivity contribution in [2.24, 2.45) is 0 Å². The van der Waals surface area contributed by atoms with Crippen LogP contribution in [0.25, 0.3) is 0 Å². The molecular formula is C27H25F3N2O. The minimum absolute atomic E-state index is 0.000404. The summed E-state index contributed by atoms with van der Waals surface area (Å²) in [6, 6.07) is 21.9. The third-order valence-corrected chi connectivity index (χ3v) is 4.76. The molecule has 6 heteroatoms. The van der Waals surface area contributed by atoms with E-state index < -0.39 is 11.7 Å². The molecule has 0 aliphatic carbocycles. The van der Waals surface area contributed by atoms with Gasteiger partial charge < -0.3 is 10.2 Å². The monoisotopic (exact) mass is 450 g/mol. The Morgan fingerprint density at radius 3 is 2.06 bits per heavy atom. The van der Waals surface area contributed by atoms with Crippen LogP contribution >= 0.6 is 0 Å². The van der Waals surface area contributed by atoms with E-state index in [1.807, 2.05) is 62.4 Å². The molecule has 2 amide bonds. The van der Waals surface area contributed by atoms with Crippen LogP contribution in [0, 0.1) is 11.8 Å². The summed E-state index contributed by atoms with van der Waals surface area (Å²) in [5, 5.41) is 2.93. The maximum atomic E-state index is 12.9. The second kappa shape index (κ2) is 10.7. The summed E-state index contributed by atoms with van der Waals surface area (Å²) in [5.74, 6) is 5.73. The first-order valence-corrected chi connectivity index (χ1v) is 10.6. The molecule has 0 aliphatic rings. The van der Waals surface area contributed by atoms with E-state index in [1.165, 1.54) is 6.07 Å². The molecule has 3 nitrogen and oxygen atoms in total. The predicted molar refractivity (Wildman–Crippen MR) is 123 cm³/mol. The molecule has 0 bridgehead atoms. The van der Waals surface area contributed by atoms with Crippen molar-refractivity contribution in [1.82, 2.24) is 10.2 Å². The molecule has 0 heterocycles. The third-order valence-electron chi connectivity index (χ3n) is 4.76. The molecule has 170 valence electrons. The standard InChI is InChI=1S/C27H25F3N2O/c1-20(2)31-26(33)32(18-23-8-4-3-5-9-23)19-24-12-6-10-21(16-24)14-15-22-11-7-13-25(17-22)27(28,29)30/h3-13,16-17,20H,18-19H2,1-2H3,(H,31,33). The Labute approximate surface area is 192 Å². The van der Waals surface area contributed by atoms with Crippen molar-refractivity contribution in [3.63, 3.8) is 0 Å². The van der Waals surface area contributed by atoms with Gasteiger partial charge in [-0.3, -0.25) is 0 Å². The summed E-state index contributed by atoms with van der Waals surface area (Å²) < 4.78 is 38.8. The van der Waals surface area contributed by atoms with Crippen molar-refractivity contribution >= 4 is 6.03 Å². The normalized spacial score (nSPS) is 11.0. The smallest absolute Gasteiger partial charge is 0.336 e. The van der Waals surface area contributed by atoms with E-state index in [2.05, 4.69) is 17.2 Å². The SMILES string of the molecule is CC(C)NC(=O)N(Cc1ccccc1)Cc1cccc(C#Cc2cccc(C(F)(F)F)c2)c1. The van der Waals surface area contributed by atoms with Crippen LogP contribution < -0.4 is 5.32 Å². The van der Waals surface area contributed by atoms with E-state index in [4.69, 9.17) is 0 Å². The maximum Gasteiger partial charge on any atom is 0.416 e. The largest absolute Gasteiger partial charge is 0.416 e. The van der Waals surface area contributed by atoms with Crippen LogP contribution in [0.1, 0.15) is 41.7 Å². The predicted octanol–water partition coefficient (Wildman–Crippen LogP) is 6.23. The van der Waals surface area contributed by atoms with Gasteiger partial charge in [-0.25, -0.2) is 4.79 Å². The van der Waals surface area contributed by atoms with Crippen molar-refractivity contribution in [3.05, 3.63) is 107 Å². The van der Waals surface area contributed by atoms with Gasteiger partial charge in [0.1, 0.15) is 0 Å². The topological polar surface area (TPSA) is 32.3 Å². The molecule has 0 saturated heterocycles. The Balaban J connectivity index is 1.80. The minimum Gasteiger partial charge on any atom is -0.336 e. The summed E-state index contributed by atoms with van der Waals surface area (Å²) in [6.45, 7) is 4.62. The van der Waals surface area contributed by atoms with Crippen molar-refractivity contribution < 1.29 is 18.0 Å². The van der Waals surface area contributed by atoms with Gasteiger partial charge in [0.05, 0.1) is 5.56 Å². The highest BCUT2D eigenvalue weighted by Crippen LogP contribution is 2.29. The molecule has 33 heavy (non-hydrogen) atoms. The van der Waals surface area contributed by atoms with Crippen LogP contribution in [0.3, 0.4) is 0 Å². The van der Waals surface area contributed by atoms with E-state index in [0.717, 1.165) is 23.3 Å². The Bertz CT molecular complexity index is 1150. The second-order valence-electron chi connectivity index (χ2n) is 7.97. The molecule has 0 aromatic heterocycles. The molecule has 0 unspecified atom stereocenters. The zero-order chi connectivity index (χ0) is 23.8. The number of carbonyl (C=O) groups is 1. The van der Waals surface area contributed by atoms with E-state index in [-0.39, 0.29) is 17.6 Å². The number of hydrogen-bond acceptors (Lipinski definition) is 1. The highest BCUT2D eigenvalue weighted by molar-refractivity contribution is 5.74. The molecule has 3 aromatic carbocycles. The van der Waals surface area contributed by atoms with Crippen LogP contribution in [0.2, 0.25) is 0 Å². The number of rotatable bonds is 5. The van der Waals surface area contributed by atoms with Crippen LogP contribution in [-0.4, -0.2) is 17.0 Å². The van der Waals surface area contributed by atoms with Crippen molar-refractivity contribution in [2.45, 2.75) is 39.2 Å². The van der Waals surface area contributed by atoms with Gasteiger partial charge in [0.15, 0.2) is 0 Å². The van der Waals surface area contributed by atoms with Gasteiger partial charge in [0.2, 0.25) is 0 Å². The lowest BCUT2D eigenvalue weighted by Gasteiger charge is -2.25. The van der Waals surface area contributed by atoms with Crippen molar-refractivity contribution in [2.75, 3.05) is 0 Å². The molecule has 3 aromatic rings. The Morgan fingerprint density at radius 1 is 0.848 bits per heavy atom. The van der Waals surface area contributed by atoms with Crippen LogP contribution in [-0.2, 0) is 19.3 Å². The lowest BCUT2D eigenvalue weighted by atomic mass is 10.1. The van der Waals surface area contributed by atoms with Crippen molar-refractivity contribution in [3.8, 4) is 11.8 Å². The Hall–Kier alpha value is -3.72. The molecule has 0 saturated carbocycles. The number of benzene rings is 3. The molecule has 0 radical (unpaired) electrons. The van der Waals surface area contributed by atoms with Gasteiger partial charge in [-0.1, -0.05) is 60.4 Å². The number of amides is 2. The number of urea groups is 1. The summed E-state index contributed by atoms with van der Waals surface area (Å²) in [4.78, 5) is 14.5. The maximum absolute atomic E-state index is 12.9. The second-order valence-corrected chi connectivity index (χ2v) is 7.97. The molecule has 1 N–H and O–H groups in total. The number of carbonyl (C=O) groups excluding carboxylic acids is 1. The number of hydrogen-bond donors (Lipinski definition) is 1. The first-order chi connectivity index (χ1) is 15.7. The van der Waals surface area contributed by atoms with Crippen LogP contribution in [0.5, 0.6) is 0 Å². The lowest BCUT2D eigenvalue weighted by Crippen LogP contribution is -2.42. The van der Waals surface area contributed by atoms with Gasteiger partial charge in [0, 0.05) is 30.3 Å². The molecule has 0 atom stereocenters. The van der Waals surface area contributed by atoms with Gasteiger partial charge in [0.25, 0.3) is 0 Å². The number of nitrogens with zero attached hydrogens (tertiary/aromatic N) is 1. The van der Waals surface area contributed by atoms with Gasteiger partial charge >= 0.3 is 12.2 Å². The summed E-state index contributed by atoms with van der Waals surface area (Å²) in [7, 11) is 0. The number of nitrogens with one attached hydrogen (secondary N) is 1. The van der Waals surface area contributed by atoms with Crippen LogP contribution in [0.4, 0.5) is 18.0 Å². The number of halogens is 3. The highest BCUT2D eigenvalue weighted by atomic mass is 19.4. The summed E-state index contributed by atoms with van der Waals surface area (Å²) in [6.07, 6.45) is -4.41. The molecular weight excluding hydrogens is 425 g/mol. The number of alkyl halides is 3. The Morgan fingerprint density at radius 2 is 1.42 bits per heavy atom. The Kier molecular flexibility index (Phi) is 7.78. The zero-order valence-corrected chi connectivity index (χ0v) is 18.5. The van der Waals surface area contributed by atoms with Gasteiger partial charge in [-0.2, -0.15) is 13.2 Å². The minimum atomic E-state index is -4.41. The molecule has 3 rings (SSSR count). The average molecular weight is 451 g/mol. The van der Waals surface area contributed by atoms with Gasteiger partial charge in [-0.15, -0.1) is 0 Å². The van der Waals surface area contributed by atoms with E-state index >= 15 is 0 Å². The fourth-order valence-corrected chi connectivity index (χ4v) is 3.23. The van der Waals surface area contributed by atoms with E-state index in [0.29, 0.717) is 18.7 Å². The van der Waals surface area contributed by atoms with Crippen LogP contribution in [0.15, 0.2) is 78.9 Å². The molecule has 0 aliphatic heterocycles. The first kappa shape index (κ1) is 23.9. The summed E-state index contributed by atoms with van der Waals surface area (Å²) in [5.41, 5.74) is 2.11. The first-order valence-electron chi connectivity index (χ1n) is 10.6. The fourth-order valence-electron chi connectivity index (χ4n) is 3.23. The van der Waals surface area contributed by atoms with E-state index in [1.54, 1.807) is 17.0 Å². The molecule has 0 fully saturated rings. The van der Waals surface area contributed by atoms with Crippen molar-refractivity contribution in [1.29, 1.82) is 0 Å². The third kappa shape index (κ3) is 7.43. The molecule has 0 spiro atoms. The zero-order valence-electron chi connectivity index (χ0n) is 18.5. The van der Waals surface area contributed by atoms with Gasteiger partial charge in [-0.05, 0) is 55.3 Å². The fraction of sp³-hybridized carbons (Fsp3) is 0.222.